The molecule has 1 saturated heterocycles. The molecule has 0 radical (unpaired) electrons. The van der Waals surface area contributed by atoms with Gasteiger partial charge in [0.15, 0.2) is 0 Å². The predicted octanol–water partition coefficient (Wildman–Crippen LogP) is -0.820. The minimum atomic E-state index is -1.51. The normalized spacial score (nSPS) is 23.0. The largest absolute Gasteiger partial charge is 0.370 e. The van der Waals surface area contributed by atoms with Crippen molar-refractivity contribution in [2.45, 2.75) is 256 Å². The molecule has 0 aromatic heterocycles. The molecule has 1 aromatic rings. The number of hydrogen-bond donors (Lipinski definition) is 17. The minimum absolute atomic E-state index is 0.00148. The maximum Gasteiger partial charge on any atom is 0.243 e. The fourth-order valence-electron chi connectivity index (χ4n) is 10.8. The van der Waals surface area contributed by atoms with E-state index in [4.69, 9.17) is 34.4 Å². The SMILES string of the molecule is CCCC(=O)NCCCC[C@@H]1NC(=O)[C@H](CCCCN)NC(=O)[C@H](CC(C)C)NC(=O)[C@H](CCCCN)NC(=O)[C@H](CCCCN)NC(=O)[C@H](CCC(N)=O)NC(=O)[C@H](CC(C)C)NC(=O)[C@H](CCCCN)NC(=O)[C@H](CCCCN)NC(=O)[C@H](Cc2ccccc2)NC1=O. The van der Waals surface area contributed by atoms with Crippen LogP contribution in [-0.4, -0.2) is 171 Å². The molecular formula is C66H117N17O12. The highest BCUT2D eigenvalue weighted by Crippen LogP contribution is 2.16. The molecule has 0 saturated carbocycles. The summed E-state index contributed by atoms with van der Waals surface area (Å²) in [6.45, 7) is 10.6. The fraction of sp³-hybridized carbons (Fsp3) is 0.727. The second-order valence-corrected chi connectivity index (χ2v) is 25.6. The molecule has 1 fully saturated rings. The highest BCUT2D eigenvalue weighted by atomic mass is 16.2. The molecule has 95 heavy (non-hydrogen) atoms. The molecular weight excluding hydrogens is 1220 g/mol. The quantitative estimate of drug-likeness (QED) is 0.0365. The highest BCUT2D eigenvalue weighted by molar-refractivity contribution is 5.99. The van der Waals surface area contributed by atoms with Gasteiger partial charge in [-0.1, -0.05) is 65.0 Å². The van der Waals surface area contributed by atoms with Crippen molar-refractivity contribution in [3.05, 3.63) is 35.9 Å². The van der Waals surface area contributed by atoms with E-state index < -0.39 is 132 Å². The Labute approximate surface area is 561 Å². The van der Waals surface area contributed by atoms with Crippen molar-refractivity contribution in [2.75, 3.05) is 39.3 Å². The number of nitrogens with one attached hydrogen (secondary N) is 11. The Morgan fingerprint density at radius 2 is 0.632 bits per heavy atom. The first-order chi connectivity index (χ1) is 45.4. The zero-order valence-corrected chi connectivity index (χ0v) is 57.1. The monoisotopic (exact) mass is 1340 g/mol. The number of benzene rings is 1. The van der Waals surface area contributed by atoms with E-state index >= 15 is 0 Å². The van der Waals surface area contributed by atoms with Crippen molar-refractivity contribution < 1.29 is 57.5 Å². The zero-order valence-electron chi connectivity index (χ0n) is 57.1. The van der Waals surface area contributed by atoms with Gasteiger partial charge in [-0.05, 0) is 191 Å². The van der Waals surface area contributed by atoms with Gasteiger partial charge in [-0.25, -0.2) is 0 Å². The summed E-state index contributed by atoms with van der Waals surface area (Å²) in [4.78, 5) is 172. The van der Waals surface area contributed by atoms with E-state index in [9.17, 15) is 57.5 Å². The van der Waals surface area contributed by atoms with Crippen LogP contribution in [0, 0.1) is 11.8 Å². The molecule has 2 rings (SSSR count). The Kier molecular flexibility index (Phi) is 42.6. The summed E-state index contributed by atoms with van der Waals surface area (Å²) in [6, 6.07) is -4.73. The Hall–Kier alpha value is -7.34. The number of unbranched alkanes of at least 4 members (excludes halogenated alkanes) is 6. The van der Waals surface area contributed by atoms with Crippen molar-refractivity contribution in [3.63, 3.8) is 0 Å². The molecule has 1 aliphatic rings. The molecule has 12 amide bonds. The first kappa shape index (κ1) is 83.7. The third-order valence-corrected chi connectivity index (χ3v) is 16.2. The molecule has 0 spiro atoms. The highest BCUT2D eigenvalue weighted by Gasteiger charge is 2.37. The Morgan fingerprint density at radius 1 is 0.368 bits per heavy atom. The molecule has 10 atom stereocenters. The lowest BCUT2D eigenvalue weighted by Gasteiger charge is -2.30. The summed E-state index contributed by atoms with van der Waals surface area (Å²) < 4.78 is 0. The van der Waals surface area contributed by atoms with E-state index in [-0.39, 0.29) is 121 Å². The van der Waals surface area contributed by atoms with Gasteiger partial charge < -0.3 is 92.9 Å². The molecule has 23 N–H and O–H groups in total. The van der Waals surface area contributed by atoms with Gasteiger partial charge in [0, 0.05) is 25.8 Å². The molecule has 29 heteroatoms. The molecule has 0 bridgehead atoms. The van der Waals surface area contributed by atoms with Gasteiger partial charge in [0.1, 0.15) is 60.4 Å². The fourth-order valence-corrected chi connectivity index (χ4v) is 10.8. The maximum absolute atomic E-state index is 15.0. The summed E-state index contributed by atoms with van der Waals surface area (Å²) in [5, 5.41) is 30.7. The maximum atomic E-state index is 15.0. The van der Waals surface area contributed by atoms with Crippen LogP contribution in [0.1, 0.15) is 194 Å². The Morgan fingerprint density at radius 3 is 0.916 bits per heavy atom. The van der Waals surface area contributed by atoms with E-state index in [0.717, 1.165) is 0 Å². The van der Waals surface area contributed by atoms with Crippen LogP contribution in [0.15, 0.2) is 30.3 Å². The van der Waals surface area contributed by atoms with E-state index in [1.54, 1.807) is 44.2 Å². The van der Waals surface area contributed by atoms with Crippen molar-refractivity contribution in [1.82, 2.24) is 58.5 Å². The van der Waals surface area contributed by atoms with Gasteiger partial charge in [-0.15, -0.1) is 0 Å². The molecule has 0 aliphatic carbocycles. The summed E-state index contributed by atoms with van der Waals surface area (Å²) >= 11 is 0. The van der Waals surface area contributed by atoms with Crippen molar-refractivity contribution in [3.8, 4) is 0 Å². The Bertz CT molecular complexity index is 2530. The van der Waals surface area contributed by atoms with Crippen LogP contribution >= 0.6 is 0 Å². The summed E-state index contributed by atoms with van der Waals surface area (Å²) in [5.41, 5.74) is 35.6. The molecule has 1 aliphatic heterocycles. The lowest BCUT2D eigenvalue weighted by Crippen LogP contribution is -2.61. The van der Waals surface area contributed by atoms with Gasteiger partial charge in [0.25, 0.3) is 0 Å². The summed E-state index contributed by atoms with van der Waals surface area (Å²) in [5.74, 6) is -9.40. The molecule has 1 heterocycles. The van der Waals surface area contributed by atoms with Gasteiger partial charge in [-0.3, -0.25) is 57.5 Å². The number of rotatable bonds is 36. The van der Waals surface area contributed by atoms with Crippen LogP contribution in [0.4, 0.5) is 0 Å². The van der Waals surface area contributed by atoms with Gasteiger partial charge in [-0.2, -0.15) is 0 Å². The standard InChI is InChI=1S/C66H117N17O12/c1-6-22-56(85)73-38-21-15-30-50-62(91)83-54(41-44-23-8-7-9-24-44)66(95)79-47(27-12-18-35-69)59(88)75-49(29-14-20-37-71)61(90)82-53(40-43(4)5)65(94)80-51(31-32-55(72)84)63(92)77-45(25-10-16-33-67)57(86)74-48(28-13-19-36-70)60(89)81-52(39-42(2)3)64(93)78-46(58(87)76-50)26-11-17-34-68/h7-9,23-24,42-43,45-54H,6,10-22,25-41,67-71H2,1-5H3,(H2,72,84)(H,73,85)(H,74,86)(H,75,88)(H,76,87)(H,77,92)(H,78,93)(H,79,95)(H,80,94)(H,81,89)(H,82,90)(H,83,91)/t45-,46-,47-,48-,49-,50-,51-,52-,53-,54-/m0/s1. The van der Waals surface area contributed by atoms with Crippen LogP contribution in [0.2, 0.25) is 0 Å². The van der Waals surface area contributed by atoms with Crippen LogP contribution < -0.4 is 92.9 Å². The summed E-state index contributed by atoms with van der Waals surface area (Å²) in [7, 11) is 0. The molecule has 0 unspecified atom stereocenters. The first-order valence-corrected chi connectivity index (χ1v) is 34.5. The minimum Gasteiger partial charge on any atom is -0.370 e. The Balaban J connectivity index is 3.05. The van der Waals surface area contributed by atoms with E-state index in [1.165, 1.54) is 0 Å². The number of hydrogen-bond acceptors (Lipinski definition) is 17. The van der Waals surface area contributed by atoms with E-state index in [2.05, 4.69) is 58.5 Å². The van der Waals surface area contributed by atoms with Crippen molar-refractivity contribution >= 4 is 70.9 Å². The van der Waals surface area contributed by atoms with Crippen LogP contribution in [-0.2, 0) is 64.0 Å². The lowest BCUT2D eigenvalue weighted by atomic mass is 9.99. The van der Waals surface area contributed by atoms with E-state index in [1.807, 2.05) is 20.8 Å². The van der Waals surface area contributed by atoms with Gasteiger partial charge in [0.2, 0.25) is 70.9 Å². The average Bonchev–Trinajstić information content (AvgIpc) is 0.890. The second kappa shape index (κ2) is 48.4. The number of primary amides is 1. The number of nitrogens with two attached hydrogens (primary N) is 6. The zero-order chi connectivity index (χ0) is 70.7. The smallest absolute Gasteiger partial charge is 0.243 e. The number of amides is 12. The van der Waals surface area contributed by atoms with Crippen LogP contribution in [0.5, 0.6) is 0 Å². The third-order valence-electron chi connectivity index (χ3n) is 16.2. The predicted molar refractivity (Wildman–Crippen MR) is 363 cm³/mol. The topological polar surface area (TPSA) is 493 Å². The average molecular weight is 1340 g/mol. The van der Waals surface area contributed by atoms with Crippen LogP contribution in [0.25, 0.3) is 0 Å². The molecule has 29 nitrogen and oxygen atoms in total. The van der Waals surface area contributed by atoms with Gasteiger partial charge in [0.05, 0.1) is 0 Å². The van der Waals surface area contributed by atoms with E-state index in [0.29, 0.717) is 95.5 Å². The number of carbonyl (C=O) groups is 12. The number of carbonyl (C=O) groups excluding carboxylic acids is 12. The van der Waals surface area contributed by atoms with Gasteiger partial charge >= 0.3 is 0 Å². The van der Waals surface area contributed by atoms with Crippen molar-refractivity contribution in [2.24, 2.45) is 46.2 Å². The summed E-state index contributed by atoms with van der Waals surface area (Å²) in [6.07, 6.45) is 4.91. The first-order valence-electron chi connectivity index (χ1n) is 34.5. The third kappa shape index (κ3) is 34.8. The second-order valence-electron chi connectivity index (χ2n) is 25.6. The molecule has 1 aromatic carbocycles. The molecule has 538 valence electrons. The van der Waals surface area contributed by atoms with Crippen LogP contribution in [0.3, 0.4) is 0 Å². The lowest BCUT2D eigenvalue weighted by molar-refractivity contribution is -0.137. The van der Waals surface area contributed by atoms with Crippen molar-refractivity contribution in [1.29, 1.82) is 0 Å².